The van der Waals surface area contributed by atoms with Crippen molar-refractivity contribution in [2.75, 3.05) is 13.2 Å². The summed E-state index contributed by atoms with van der Waals surface area (Å²) in [5.74, 6) is 1.58. The predicted molar refractivity (Wildman–Crippen MR) is 107 cm³/mol. The van der Waals surface area contributed by atoms with Crippen LogP contribution in [0.25, 0.3) is 0 Å². The molecular formula is C23H44O2. The molecule has 2 aliphatic carbocycles. The van der Waals surface area contributed by atoms with Crippen molar-refractivity contribution >= 4 is 0 Å². The third kappa shape index (κ3) is 7.59. The first kappa shape index (κ1) is 21.2. The maximum atomic E-state index is 6.34. The van der Waals surface area contributed by atoms with Crippen LogP contribution < -0.4 is 0 Å². The number of fused-ring (bicyclic) bond motifs is 2. The fourth-order valence-electron chi connectivity index (χ4n) is 4.85. The monoisotopic (exact) mass is 352 g/mol. The lowest BCUT2D eigenvalue weighted by Gasteiger charge is -2.31. The molecular weight excluding hydrogens is 308 g/mol. The summed E-state index contributed by atoms with van der Waals surface area (Å²) in [6, 6.07) is 0. The summed E-state index contributed by atoms with van der Waals surface area (Å²) in [5.41, 5.74) is 0. The fourth-order valence-corrected chi connectivity index (χ4v) is 4.85. The van der Waals surface area contributed by atoms with Gasteiger partial charge in [-0.05, 0) is 43.9 Å². The van der Waals surface area contributed by atoms with E-state index in [0.717, 1.165) is 25.0 Å². The Bertz CT molecular complexity index is 287. The molecule has 0 aromatic heterocycles. The van der Waals surface area contributed by atoms with Crippen LogP contribution >= 0.6 is 0 Å². The van der Waals surface area contributed by atoms with Gasteiger partial charge in [0.25, 0.3) is 0 Å². The largest absolute Gasteiger partial charge is 0.375 e. The quantitative estimate of drug-likeness (QED) is 0.281. The highest BCUT2D eigenvalue weighted by atomic mass is 16.5. The molecule has 2 aliphatic rings. The number of unbranched alkanes of at least 4 members (excludes halogenated alkanes) is 10. The van der Waals surface area contributed by atoms with Crippen LogP contribution in [0.4, 0.5) is 0 Å². The standard InChI is InChI=1S/C23H44O2/c1-3-5-7-9-11-13-17-24-22-20-15-16-21(19-20)23(22)25-18-14-12-10-8-6-4-2/h20-23H,3-19H2,1-2H3. The van der Waals surface area contributed by atoms with Gasteiger partial charge in [-0.2, -0.15) is 0 Å². The number of hydrogen-bond acceptors (Lipinski definition) is 2. The van der Waals surface area contributed by atoms with E-state index in [1.54, 1.807) is 0 Å². The Balaban J connectivity index is 1.55. The molecule has 2 nitrogen and oxygen atoms in total. The van der Waals surface area contributed by atoms with Crippen molar-refractivity contribution in [3.05, 3.63) is 0 Å². The van der Waals surface area contributed by atoms with Gasteiger partial charge in [0.1, 0.15) is 0 Å². The molecule has 0 radical (unpaired) electrons. The second-order valence-electron chi connectivity index (χ2n) is 8.54. The number of ether oxygens (including phenoxy) is 2. The average Bonchev–Trinajstić information content (AvgIpc) is 3.22. The lowest BCUT2D eigenvalue weighted by Crippen LogP contribution is -2.37. The Hall–Kier alpha value is -0.0800. The van der Waals surface area contributed by atoms with Crippen molar-refractivity contribution in [2.24, 2.45) is 11.8 Å². The highest BCUT2D eigenvalue weighted by molar-refractivity contribution is 4.98. The normalized spacial score (nSPS) is 28.1. The zero-order chi connectivity index (χ0) is 17.7. The zero-order valence-electron chi connectivity index (χ0n) is 17.1. The summed E-state index contributed by atoms with van der Waals surface area (Å²) < 4.78 is 12.7. The second-order valence-corrected chi connectivity index (χ2v) is 8.54. The van der Waals surface area contributed by atoms with E-state index in [1.807, 2.05) is 0 Å². The molecule has 0 aromatic carbocycles. The molecule has 25 heavy (non-hydrogen) atoms. The fraction of sp³-hybridized carbons (Fsp3) is 1.00. The maximum absolute atomic E-state index is 6.34. The van der Waals surface area contributed by atoms with Gasteiger partial charge in [-0.25, -0.2) is 0 Å². The second kappa shape index (κ2) is 13.1. The Morgan fingerprint density at radius 1 is 0.560 bits per heavy atom. The van der Waals surface area contributed by atoms with Crippen molar-refractivity contribution < 1.29 is 9.47 Å². The van der Waals surface area contributed by atoms with Gasteiger partial charge in [-0.15, -0.1) is 0 Å². The van der Waals surface area contributed by atoms with Crippen LogP contribution in [0.2, 0.25) is 0 Å². The topological polar surface area (TPSA) is 18.5 Å². The Morgan fingerprint density at radius 2 is 0.960 bits per heavy atom. The first-order valence-electron chi connectivity index (χ1n) is 11.6. The van der Waals surface area contributed by atoms with Crippen molar-refractivity contribution in [1.29, 1.82) is 0 Å². The van der Waals surface area contributed by atoms with E-state index in [-0.39, 0.29) is 0 Å². The SMILES string of the molecule is CCCCCCCCOC1C2CCC(C2)C1OCCCCCCCC. The molecule has 0 amide bonds. The zero-order valence-corrected chi connectivity index (χ0v) is 17.1. The van der Waals surface area contributed by atoms with Crippen LogP contribution in [0.3, 0.4) is 0 Å². The van der Waals surface area contributed by atoms with Crippen LogP contribution in [0, 0.1) is 11.8 Å². The summed E-state index contributed by atoms with van der Waals surface area (Å²) in [7, 11) is 0. The van der Waals surface area contributed by atoms with Gasteiger partial charge >= 0.3 is 0 Å². The maximum Gasteiger partial charge on any atom is 0.0867 e. The molecule has 2 saturated carbocycles. The van der Waals surface area contributed by atoms with Gasteiger partial charge < -0.3 is 9.47 Å². The minimum absolute atomic E-state index is 0.412. The molecule has 0 heterocycles. The van der Waals surface area contributed by atoms with E-state index in [9.17, 15) is 0 Å². The molecule has 0 spiro atoms. The minimum atomic E-state index is 0.412. The van der Waals surface area contributed by atoms with E-state index in [2.05, 4.69) is 13.8 Å². The molecule has 148 valence electrons. The first-order valence-corrected chi connectivity index (χ1v) is 11.6. The predicted octanol–water partition coefficient (Wildman–Crippen LogP) is 6.91. The van der Waals surface area contributed by atoms with Gasteiger partial charge in [0.15, 0.2) is 0 Å². The summed E-state index contributed by atoms with van der Waals surface area (Å²) in [5, 5.41) is 0. The molecule has 0 N–H and O–H groups in total. The number of hydrogen-bond donors (Lipinski definition) is 0. The highest BCUT2D eigenvalue weighted by Crippen LogP contribution is 2.47. The molecule has 0 aromatic rings. The Kier molecular flexibility index (Phi) is 11.2. The molecule has 2 fully saturated rings. The average molecular weight is 353 g/mol. The van der Waals surface area contributed by atoms with Crippen LogP contribution in [-0.4, -0.2) is 25.4 Å². The third-order valence-electron chi connectivity index (χ3n) is 6.38. The van der Waals surface area contributed by atoms with Crippen molar-refractivity contribution in [3.63, 3.8) is 0 Å². The van der Waals surface area contributed by atoms with Gasteiger partial charge in [-0.3, -0.25) is 0 Å². The van der Waals surface area contributed by atoms with Crippen molar-refractivity contribution in [1.82, 2.24) is 0 Å². The summed E-state index contributed by atoms with van der Waals surface area (Å²) in [6.45, 7) is 6.47. The molecule has 2 heteroatoms. The molecule has 0 aliphatic heterocycles. The van der Waals surface area contributed by atoms with Gasteiger partial charge in [0.2, 0.25) is 0 Å². The molecule has 2 bridgehead atoms. The van der Waals surface area contributed by atoms with E-state index in [0.29, 0.717) is 12.2 Å². The molecule has 4 atom stereocenters. The van der Waals surface area contributed by atoms with Gasteiger partial charge in [0.05, 0.1) is 12.2 Å². The minimum Gasteiger partial charge on any atom is -0.375 e. The lowest BCUT2D eigenvalue weighted by atomic mass is 9.94. The van der Waals surface area contributed by atoms with Gasteiger partial charge in [-0.1, -0.05) is 78.1 Å². The van der Waals surface area contributed by atoms with Crippen LogP contribution in [-0.2, 0) is 9.47 Å². The molecule has 4 unspecified atom stereocenters. The highest BCUT2D eigenvalue weighted by Gasteiger charge is 2.48. The van der Waals surface area contributed by atoms with E-state index in [1.165, 1.54) is 96.3 Å². The smallest absolute Gasteiger partial charge is 0.0867 e. The third-order valence-corrected chi connectivity index (χ3v) is 6.38. The summed E-state index contributed by atoms with van der Waals surface area (Å²) in [6.07, 6.45) is 21.1. The van der Waals surface area contributed by atoms with Crippen LogP contribution in [0.5, 0.6) is 0 Å². The first-order chi connectivity index (χ1) is 12.4. The number of rotatable bonds is 16. The summed E-state index contributed by atoms with van der Waals surface area (Å²) >= 11 is 0. The van der Waals surface area contributed by atoms with Crippen LogP contribution in [0.1, 0.15) is 110 Å². The van der Waals surface area contributed by atoms with E-state index >= 15 is 0 Å². The molecule has 0 saturated heterocycles. The van der Waals surface area contributed by atoms with E-state index in [4.69, 9.17) is 9.47 Å². The Labute approximate surface area is 157 Å². The molecule has 2 rings (SSSR count). The lowest BCUT2D eigenvalue weighted by molar-refractivity contribution is -0.0987. The van der Waals surface area contributed by atoms with Gasteiger partial charge in [0, 0.05) is 13.2 Å². The van der Waals surface area contributed by atoms with Crippen molar-refractivity contribution in [3.8, 4) is 0 Å². The van der Waals surface area contributed by atoms with E-state index < -0.39 is 0 Å². The van der Waals surface area contributed by atoms with Crippen LogP contribution in [0.15, 0.2) is 0 Å². The van der Waals surface area contributed by atoms with Crippen molar-refractivity contribution in [2.45, 2.75) is 122 Å². The Morgan fingerprint density at radius 3 is 1.40 bits per heavy atom. The summed E-state index contributed by atoms with van der Waals surface area (Å²) in [4.78, 5) is 0.